The summed E-state index contributed by atoms with van der Waals surface area (Å²) in [5.74, 6) is 2.69. The lowest BCUT2D eigenvalue weighted by Gasteiger charge is -2.57. The van der Waals surface area contributed by atoms with E-state index in [1.54, 1.807) is 0 Å². The van der Waals surface area contributed by atoms with Crippen LogP contribution in [0.5, 0.6) is 0 Å². The minimum atomic E-state index is -0.120. The summed E-state index contributed by atoms with van der Waals surface area (Å²) in [5.41, 5.74) is 0.0779. The average molecular weight is 290 g/mol. The molecule has 0 unspecified atom stereocenters. The Morgan fingerprint density at radius 2 is 1.76 bits per heavy atom. The van der Waals surface area contributed by atoms with Gasteiger partial charge in [0.15, 0.2) is 0 Å². The second-order valence-electron chi connectivity index (χ2n) is 8.02. The Morgan fingerprint density at radius 1 is 1.19 bits per heavy atom. The van der Waals surface area contributed by atoms with E-state index in [2.05, 4.69) is 5.32 Å². The zero-order valence-electron chi connectivity index (χ0n) is 12.9. The van der Waals surface area contributed by atoms with Crippen molar-refractivity contribution in [1.82, 2.24) is 10.2 Å². The van der Waals surface area contributed by atoms with E-state index in [-0.39, 0.29) is 23.3 Å². The molecular weight excluding hydrogens is 264 g/mol. The Labute approximate surface area is 126 Å². The van der Waals surface area contributed by atoms with Gasteiger partial charge in [0.2, 0.25) is 11.8 Å². The van der Waals surface area contributed by atoms with Crippen molar-refractivity contribution in [2.75, 3.05) is 13.1 Å². The van der Waals surface area contributed by atoms with Crippen molar-refractivity contribution in [3.05, 3.63) is 0 Å². The van der Waals surface area contributed by atoms with Crippen LogP contribution in [0.4, 0.5) is 0 Å². The highest BCUT2D eigenvalue weighted by Crippen LogP contribution is 2.55. The largest absolute Gasteiger partial charge is 0.350 e. The number of carbonyl (C=O) groups excluding carboxylic acids is 2. The molecule has 1 saturated heterocycles. The van der Waals surface area contributed by atoms with E-state index in [0.717, 1.165) is 24.3 Å². The number of hydrogen-bond acceptors (Lipinski definition) is 2. The molecule has 0 radical (unpaired) electrons. The predicted octanol–water partition coefficient (Wildman–Crippen LogP) is 1.94. The average Bonchev–Trinajstić information content (AvgIpc) is 2.78. The van der Waals surface area contributed by atoms with Gasteiger partial charge in [-0.1, -0.05) is 0 Å². The third kappa shape index (κ3) is 2.27. The fraction of sp³-hybridized carbons (Fsp3) is 0.882. The molecule has 21 heavy (non-hydrogen) atoms. The lowest BCUT2D eigenvalue weighted by atomic mass is 9.53. The van der Waals surface area contributed by atoms with Crippen LogP contribution in [-0.2, 0) is 9.59 Å². The topological polar surface area (TPSA) is 49.4 Å². The summed E-state index contributed by atoms with van der Waals surface area (Å²) in [4.78, 5) is 26.3. The smallest absolute Gasteiger partial charge is 0.225 e. The number of nitrogens with one attached hydrogen (secondary N) is 1. The predicted molar refractivity (Wildman–Crippen MR) is 79.4 cm³/mol. The number of amides is 2. The van der Waals surface area contributed by atoms with Crippen molar-refractivity contribution in [2.45, 2.75) is 57.4 Å². The van der Waals surface area contributed by atoms with Gasteiger partial charge in [-0.15, -0.1) is 0 Å². The molecule has 1 N–H and O–H groups in total. The Hall–Kier alpha value is -1.06. The van der Waals surface area contributed by atoms with E-state index in [9.17, 15) is 9.59 Å². The van der Waals surface area contributed by atoms with Crippen LogP contribution >= 0.6 is 0 Å². The van der Waals surface area contributed by atoms with Crippen LogP contribution < -0.4 is 5.32 Å². The first kappa shape index (κ1) is 13.6. The Morgan fingerprint density at radius 3 is 2.24 bits per heavy atom. The van der Waals surface area contributed by atoms with Gasteiger partial charge in [0, 0.05) is 25.0 Å². The van der Waals surface area contributed by atoms with Crippen molar-refractivity contribution in [3.8, 4) is 0 Å². The van der Waals surface area contributed by atoms with Crippen molar-refractivity contribution in [2.24, 2.45) is 23.7 Å². The number of hydrogen-bond donors (Lipinski definition) is 1. The van der Waals surface area contributed by atoms with E-state index in [1.165, 1.54) is 38.5 Å². The van der Waals surface area contributed by atoms with Crippen LogP contribution in [0.2, 0.25) is 0 Å². The summed E-state index contributed by atoms with van der Waals surface area (Å²) >= 11 is 0. The van der Waals surface area contributed by atoms with Crippen LogP contribution in [0.3, 0.4) is 0 Å². The molecule has 0 spiro atoms. The zero-order chi connectivity index (χ0) is 14.6. The highest BCUT2D eigenvalue weighted by atomic mass is 16.2. The number of nitrogens with zero attached hydrogens (tertiary/aromatic N) is 1. The van der Waals surface area contributed by atoms with Gasteiger partial charge >= 0.3 is 0 Å². The van der Waals surface area contributed by atoms with Gasteiger partial charge in [0.1, 0.15) is 0 Å². The van der Waals surface area contributed by atoms with Crippen LogP contribution in [0.25, 0.3) is 0 Å². The molecule has 4 saturated carbocycles. The summed E-state index contributed by atoms with van der Waals surface area (Å²) < 4.78 is 0. The highest BCUT2D eigenvalue weighted by Gasteiger charge is 2.52. The molecule has 4 bridgehead atoms. The molecule has 5 rings (SSSR count). The second-order valence-corrected chi connectivity index (χ2v) is 8.02. The molecule has 0 aromatic heterocycles. The van der Waals surface area contributed by atoms with Gasteiger partial charge in [0.25, 0.3) is 0 Å². The van der Waals surface area contributed by atoms with E-state index >= 15 is 0 Å². The van der Waals surface area contributed by atoms with Crippen LogP contribution in [0.15, 0.2) is 0 Å². The third-order valence-electron chi connectivity index (χ3n) is 6.39. The van der Waals surface area contributed by atoms with Crippen LogP contribution in [0, 0.1) is 23.7 Å². The standard InChI is InChI=1S/C17H26N2O2/c1-2-19-10-14(6-15(19)20)16(21)18-17-7-11-3-12(8-17)5-13(4-11)9-17/h11-14H,2-10H2,1H3,(H,18,21)/t11?,12?,13?,14-,17?/m0/s1. The zero-order valence-corrected chi connectivity index (χ0v) is 12.9. The van der Waals surface area contributed by atoms with Gasteiger partial charge in [-0.2, -0.15) is 0 Å². The van der Waals surface area contributed by atoms with Crippen molar-refractivity contribution in [1.29, 1.82) is 0 Å². The molecule has 116 valence electrons. The maximum absolute atomic E-state index is 12.6. The minimum absolute atomic E-state index is 0.0779. The van der Waals surface area contributed by atoms with Gasteiger partial charge in [0.05, 0.1) is 5.92 Å². The van der Waals surface area contributed by atoms with E-state index in [4.69, 9.17) is 0 Å². The SMILES string of the molecule is CCN1C[C@@H](C(=O)NC23CC4CC(CC(C4)C2)C3)CC1=O. The van der Waals surface area contributed by atoms with Crippen LogP contribution in [0.1, 0.15) is 51.9 Å². The van der Waals surface area contributed by atoms with Crippen molar-refractivity contribution in [3.63, 3.8) is 0 Å². The van der Waals surface area contributed by atoms with Crippen LogP contribution in [-0.4, -0.2) is 35.3 Å². The number of carbonyl (C=O) groups is 2. The number of rotatable bonds is 3. The van der Waals surface area contributed by atoms with Gasteiger partial charge in [-0.25, -0.2) is 0 Å². The van der Waals surface area contributed by atoms with Gasteiger partial charge in [-0.05, 0) is 63.2 Å². The number of likely N-dealkylation sites (tertiary alicyclic amines) is 1. The fourth-order valence-corrected chi connectivity index (χ4v) is 5.88. The summed E-state index contributed by atoms with van der Waals surface area (Å²) in [6, 6.07) is 0. The molecule has 0 aromatic rings. The van der Waals surface area contributed by atoms with E-state index < -0.39 is 0 Å². The summed E-state index contributed by atoms with van der Waals surface area (Å²) in [7, 11) is 0. The monoisotopic (exact) mass is 290 g/mol. The maximum atomic E-state index is 12.6. The molecule has 5 fully saturated rings. The lowest BCUT2D eigenvalue weighted by Crippen LogP contribution is -2.60. The normalized spacial score (nSPS) is 44.4. The first-order valence-electron chi connectivity index (χ1n) is 8.67. The van der Waals surface area contributed by atoms with Gasteiger partial charge < -0.3 is 10.2 Å². The molecule has 1 aliphatic heterocycles. The molecule has 4 heteroatoms. The molecule has 1 heterocycles. The first-order chi connectivity index (χ1) is 10.1. The maximum Gasteiger partial charge on any atom is 0.225 e. The summed E-state index contributed by atoms with van der Waals surface area (Å²) in [6.45, 7) is 3.32. The quantitative estimate of drug-likeness (QED) is 0.863. The highest BCUT2D eigenvalue weighted by molar-refractivity contribution is 5.89. The molecular formula is C17H26N2O2. The molecule has 0 aromatic carbocycles. The van der Waals surface area contributed by atoms with E-state index in [0.29, 0.717) is 13.0 Å². The minimum Gasteiger partial charge on any atom is -0.350 e. The Bertz CT molecular complexity index is 438. The Kier molecular flexibility index (Phi) is 3.05. The summed E-state index contributed by atoms with van der Waals surface area (Å²) in [6.07, 6.45) is 8.13. The lowest BCUT2D eigenvalue weighted by molar-refractivity contribution is -0.131. The third-order valence-corrected chi connectivity index (χ3v) is 6.39. The first-order valence-corrected chi connectivity index (χ1v) is 8.67. The van der Waals surface area contributed by atoms with Crippen molar-refractivity contribution >= 4 is 11.8 Å². The summed E-state index contributed by atoms with van der Waals surface area (Å²) in [5, 5.41) is 3.41. The molecule has 5 aliphatic rings. The second kappa shape index (κ2) is 4.72. The van der Waals surface area contributed by atoms with Crippen molar-refractivity contribution < 1.29 is 9.59 Å². The fourth-order valence-electron chi connectivity index (χ4n) is 5.88. The van der Waals surface area contributed by atoms with E-state index in [1.807, 2.05) is 11.8 Å². The van der Waals surface area contributed by atoms with Gasteiger partial charge in [-0.3, -0.25) is 9.59 Å². The Balaban J connectivity index is 1.44. The molecule has 4 nitrogen and oxygen atoms in total. The molecule has 4 aliphatic carbocycles. The molecule has 1 atom stereocenters. The molecule has 2 amide bonds.